The number of nitrogen functional groups attached to an aromatic ring is 1. The number of carbonyl (C=O) groups is 1. The number of nitrogens with two attached hydrogens (primary N) is 1. The Labute approximate surface area is 136 Å². The van der Waals surface area contributed by atoms with Crippen molar-refractivity contribution in [3.63, 3.8) is 0 Å². The second-order valence-electron chi connectivity index (χ2n) is 6.02. The van der Waals surface area contributed by atoms with Gasteiger partial charge in [0.15, 0.2) is 6.23 Å². The highest BCUT2D eigenvalue weighted by atomic mass is 16.3. The van der Waals surface area contributed by atoms with Gasteiger partial charge in [-0.15, -0.1) is 0 Å². The molecule has 1 atom stereocenters. The van der Waals surface area contributed by atoms with Crippen LogP contribution in [0.25, 0.3) is 0 Å². The molecule has 2 aromatic rings. The lowest BCUT2D eigenvalue weighted by Gasteiger charge is -2.20. The molecule has 0 saturated heterocycles. The van der Waals surface area contributed by atoms with Crippen molar-refractivity contribution in [3.05, 3.63) is 65.2 Å². The second-order valence-corrected chi connectivity index (χ2v) is 6.02. The van der Waals surface area contributed by atoms with E-state index >= 15 is 0 Å². The first-order chi connectivity index (χ1) is 11.2. The Hall–Kier alpha value is -2.33. The summed E-state index contributed by atoms with van der Waals surface area (Å²) in [5.74, 6) is -0.0658. The third-order valence-electron chi connectivity index (χ3n) is 4.34. The van der Waals surface area contributed by atoms with E-state index < -0.39 is 6.23 Å². The first-order valence-corrected chi connectivity index (χ1v) is 8.09. The molecule has 0 saturated carbocycles. The van der Waals surface area contributed by atoms with Crippen molar-refractivity contribution >= 4 is 11.6 Å². The predicted octanol–water partition coefficient (Wildman–Crippen LogP) is 3.13. The minimum absolute atomic E-state index is 0.0658. The SMILES string of the molecule is Nc1cccc(CCCCCN2C(=O)c3ccccc3C2O)c1. The maximum atomic E-state index is 12.3. The van der Waals surface area contributed by atoms with Gasteiger partial charge in [-0.3, -0.25) is 4.79 Å². The van der Waals surface area contributed by atoms with Crippen LogP contribution in [-0.2, 0) is 6.42 Å². The summed E-state index contributed by atoms with van der Waals surface area (Å²) in [7, 11) is 0. The minimum Gasteiger partial charge on any atom is -0.399 e. The van der Waals surface area contributed by atoms with Crippen molar-refractivity contribution in [2.24, 2.45) is 0 Å². The summed E-state index contributed by atoms with van der Waals surface area (Å²) >= 11 is 0. The Balaban J connectivity index is 1.46. The monoisotopic (exact) mass is 310 g/mol. The first-order valence-electron chi connectivity index (χ1n) is 8.09. The van der Waals surface area contributed by atoms with Crippen LogP contribution in [0.2, 0.25) is 0 Å². The fraction of sp³-hybridized carbons (Fsp3) is 0.316. The molecule has 4 heteroatoms. The largest absolute Gasteiger partial charge is 0.399 e. The normalized spacial score (nSPS) is 16.7. The average molecular weight is 310 g/mol. The van der Waals surface area contributed by atoms with E-state index in [4.69, 9.17) is 5.73 Å². The molecule has 0 aliphatic carbocycles. The van der Waals surface area contributed by atoms with Gasteiger partial charge in [0.1, 0.15) is 0 Å². The molecule has 23 heavy (non-hydrogen) atoms. The highest BCUT2D eigenvalue weighted by Gasteiger charge is 2.34. The number of nitrogens with zero attached hydrogens (tertiary/aromatic N) is 1. The van der Waals surface area contributed by atoms with Gasteiger partial charge < -0.3 is 15.7 Å². The van der Waals surface area contributed by atoms with Crippen LogP contribution in [0, 0.1) is 0 Å². The standard InChI is InChI=1S/C19H22N2O2/c20-15-9-6-8-14(13-15)7-2-1-5-12-21-18(22)16-10-3-4-11-17(16)19(21)23/h3-4,6,8-11,13,18,22H,1-2,5,7,12,20H2. The minimum atomic E-state index is -0.798. The molecule has 4 nitrogen and oxygen atoms in total. The lowest BCUT2D eigenvalue weighted by Crippen LogP contribution is -2.29. The number of aryl methyl sites for hydroxylation is 1. The van der Waals surface area contributed by atoms with Crippen LogP contribution in [0.4, 0.5) is 5.69 Å². The van der Waals surface area contributed by atoms with E-state index in [9.17, 15) is 9.90 Å². The summed E-state index contributed by atoms with van der Waals surface area (Å²) in [5.41, 5.74) is 9.16. The second kappa shape index (κ2) is 6.84. The molecular weight excluding hydrogens is 288 g/mol. The summed E-state index contributed by atoms with van der Waals surface area (Å²) in [4.78, 5) is 13.8. The summed E-state index contributed by atoms with van der Waals surface area (Å²) in [6.45, 7) is 0.589. The lowest BCUT2D eigenvalue weighted by atomic mass is 10.1. The van der Waals surface area contributed by atoms with Crippen LogP contribution in [0.1, 0.15) is 47.0 Å². The van der Waals surface area contributed by atoms with Gasteiger partial charge in [0.2, 0.25) is 0 Å². The average Bonchev–Trinajstić information content (AvgIpc) is 2.80. The summed E-state index contributed by atoms with van der Waals surface area (Å²) in [6, 6.07) is 15.2. The maximum Gasteiger partial charge on any atom is 0.256 e. The molecule has 3 N–H and O–H groups in total. The number of benzene rings is 2. The molecule has 1 aliphatic rings. The molecule has 1 unspecified atom stereocenters. The van der Waals surface area contributed by atoms with Crippen LogP contribution in [0.3, 0.4) is 0 Å². The van der Waals surface area contributed by atoms with Crippen LogP contribution < -0.4 is 5.73 Å². The Morgan fingerprint density at radius 2 is 1.87 bits per heavy atom. The smallest absolute Gasteiger partial charge is 0.256 e. The van der Waals surface area contributed by atoms with Gasteiger partial charge in [-0.25, -0.2) is 0 Å². The van der Waals surface area contributed by atoms with Gasteiger partial charge >= 0.3 is 0 Å². The zero-order valence-electron chi connectivity index (χ0n) is 13.1. The number of aliphatic hydroxyl groups is 1. The zero-order valence-corrected chi connectivity index (χ0v) is 13.1. The van der Waals surface area contributed by atoms with Crippen molar-refractivity contribution in [3.8, 4) is 0 Å². The number of hydrogen-bond donors (Lipinski definition) is 2. The number of rotatable bonds is 6. The number of amides is 1. The van der Waals surface area contributed by atoms with Crippen LogP contribution in [0.5, 0.6) is 0 Å². The molecule has 1 aliphatic heterocycles. The lowest BCUT2D eigenvalue weighted by molar-refractivity contribution is 0.0170. The van der Waals surface area contributed by atoms with Crippen LogP contribution >= 0.6 is 0 Å². The summed E-state index contributed by atoms with van der Waals surface area (Å²) in [5, 5.41) is 10.3. The highest BCUT2D eigenvalue weighted by Crippen LogP contribution is 2.31. The van der Waals surface area contributed by atoms with Gasteiger partial charge in [0, 0.05) is 23.4 Å². The van der Waals surface area contributed by atoms with Crippen molar-refractivity contribution in [1.82, 2.24) is 4.90 Å². The fourth-order valence-electron chi connectivity index (χ4n) is 3.11. The summed E-state index contributed by atoms with van der Waals surface area (Å²) in [6.07, 6.45) is 3.14. The highest BCUT2D eigenvalue weighted by molar-refractivity contribution is 5.98. The van der Waals surface area contributed by atoms with Crippen molar-refractivity contribution in [2.45, 2.75) is 31.9 Å². The molecule has 3 rings (SSSR count). The number of anilines is 1. The Bertz CT molecular complexity index is 699. The zero-order chi connectivity index (χ0) is 16.2. The Morgan fingerprint density at radius 1 is 1.04 bits per heavy atom. The Kier molecular flexibility index (Phi) is 4.63. The fourth-order valence-corrected chi connectivity index (χ4v) is 3.11. The third kappa shape index (κ3) is 3.37. The van der Waals surface area contributed by atoms with Crippen molar-refractivity contribution < 1.29 is 9.90 Å². The van der Waals surface area contributed by atoms with E-state index in [0.29, 0.717) is 12.1 Å². The molecule has 2 aromatic carbocycles. The molecule has 0 radical (unpaired) electrons. The van der Waals surface area contributed by atoms with Gasteiger partial charge in [0.05, 0.1) is 0 Å². The molecule has 0 aromatic heterocycles. The first kappa shape index (κ1) is 15.6. The maximum absolute atomic E-state index is 12.3. The molecule has 0 bridgehead atoms. The van der Waals surface area contributed by atoms with Gasteiger partial charge in [-0.1, -0.05) is 36.8 Å². The van der Waals surface area contributed by atoms with Crippen LogP contribution in [-0.4, -0.2) is 22.5 Å². The van der Waals surface area contributed by atoms with E-state index in [1.54, 1.807) is 11.0 Å². The van der Waals surface area contributed by atoms with E-state index in [1.165, 1.54) is 5.56 Å². The quantitative estimate of drug-likeness (QED) is 0.636. The molecule has 0 fully saturated rings. The van der Waals surface area contributed by atoms with E-state index in [1.807, 2.05) is 36.4 Å². The van der Waals surface area contributed by atoms with Gasteiger partial charge in [-0.2, -0.15) is 0 Å². The number of carbonyl (C=O) groups excluding carboxylic acids is 1. The van der Waals surface area contributed by atoms with Crippen molar-refractivity contribution in [2.75, 3.05) is 12.3 Å². The van der Waals surface area contributed by atoms with E-state index in [-0.39, 0.29) is 5.91 Å². The molecule has 0 spiro atoms. The molecule has 1 amide bonds. The topological polar surface area (TPSA) is 66.6 Å². The molecule has 1 heterocycles. The number of unbranched alkanes of at least 4 members (excludes halogenated alkanes) is 2. The number of fused-ring (bicyclic) bond motifs is 1. The molecular formula is C19H22N2O2. The number of hydrogen-bond acceptors (Lipinski definition) is 3. The number of aliphatic hydroxyl groups excluding tert-OH is 1. The summed E-state index contributed by atoms with van der Waals surface area (Å²) < 4.78 is 0. The van der Waals surface area contributed by atoms with E-state index in [2.05, 4.69) is 6.07 Å². The van der Waals surface area contributed by atoms with Gasteiger partial charge in [0.25, 0.3) is 5.91 Å². The third-order valence-corrected chi connectivity index (χ3v) is 4.34. The Morgan fingerprint density at radius 3 is 2.65 bits per heavy atom. The van der Waals surface area contributed by atoms with E-state index in [0.717, 1.165) is 36.9 Å². The van der Waals surface area contributed by atoms with Gasteiger partial charge in [-0.05, 0) is 43.0 Å². The van der Waals surface area contributed by atoms with Crippen LogP contribution in [0.15, 0.2) is 48.5 Å². The predicted molar refractivity (Wildman–Crippen MR) is 90.8 cm³/mol. The van der Waals surface area contributed by atoms with Crippen molar-refractivity contribution in [1.29, 1.82) is 0 Å². The molecule has 120 valence electrons.